The lowest BCUT2D eigenvalue weighted by molar-refractivity contribution is -0.385. The number of amides is 1. The minimum atomic E-state index is -0.581. The number of methoxy groups -OCH3 is 3. The zero-order chi connectivity index (χ0) is 24.2. The summed E-state index contributed by atoms with van der Waals surface area (Å²) in [6.07, 6.45) is 1.38. The molecule has 0 aliphatic carbocycles. The maximum Gasteiger partial charge on any atom is 0.286 e. The summed E-state index contributed by atoms with van der Waals surface area (Å²) >= 11 is 1.52. The molecule has 2 heterocycles. The fourth-order valence-corrected chi connectivity index (χ4v) is 5.06. The van der Waals surface area contributed by atoms with Crippen LogP contribution in [0.1, 0.15) is 34.1 Å². The lowest BCUT2D eigenvalue weighted by atomic mass is 9.97. The molecule has 0 unspecified atom stereocenters. The fraction of sp³-hybridized carbons (Fsp3) is 0.348. The van der Waals surface area contributed by atoms with Crippen LogP contribution in [0.25, 0.3) is 10.6 Å². The SMILES string of the molecule is COc1cc(C(=O)N2CCC(c3nnc(-c4ccccc4OC)s3)CC2)c([N+](=O)[O-])cc1OC. The highest BCUT2D eigenvalue weighted by molar-refractivity contribution is 7.14. The lowest BCUT2D eigenvalue weighted by Crippen LogP contribution is -2.38. The van der Waals surface area contributed by atoms with Gasteiger partial charge in [0.05, 0.1) is 37.9 Å². The number of likely N-dealkylation sites (tertiary alicyclic amines) is 1. The average molecular weight is 485 g/mol. The summed E-state index contributed by atoms with van der Waals surface area (Å²) in [5, 5.41) is 22.0. The second-order valence-corrected chi connectivity index (χ2v) is 8.70. The number of carbonyl (C=O) groups excluding carboxylic acids is 1. The Labute approximate surface area is 200 Å². The third-order valence-corrected chi connectivity index (χ3v) is 6.96. The summed E-state index contributed by atoms with van der Waals surface area (Å²) in [6.45, 7) is 0.914. The van der Waals surface area contributed by atoms with E-state index < -0.39 is 10.8 Å². The van der Waals surface area contributed by atoms with Crippen molar-refractivity contribution in [2.45, 2.75) is 18.8 Å². The van der Waals surface area contributed by atoms with E-state index in [0.29, 0.717) is 25.9 Å². The molecule has 3 aromatic rings. The number of aromatic nitrogens is 2. The summed E-state index contributed by atoms with van der Waals surface area (Å²) in [4.78, 5) is 25.8. The van der Waals surface area contributed by atoms with Crippen LogP contribution in [-0.4, -0.2) is 60.3 Å². The van der Waals surface area contributed by atoms with Crippen LogP contribution < -0.4 is 14.2 Å². The Morgan fingerprint density at radius 2 is 1.68 bits per heavy atom. The van der Waals surface area contributed by atoms with Gasteiger partial charge in [-0.1, -0.05) is 23.5 Å². The first-order valence-corrected chi connectivity index (χ1v) is 11.4. The normalized spacial score (nSPS) is 14.0. The highest BCUT2D eigenvalue weighted by Gasteiger charge is 2.32. The molecule has 1 saturated heterocycles. The molecule has 10 nitrogen and oxygen atoms in total. The number of nitrogens with zero attached hydrogens (tertiary/aromatic N) is 4. The third kappa shape index (κ3) is 4.51. The molecular formula is C23H24N4O6S. The molecule has 0 N–H and O–H groups in total. The van der Waals surface area contributed by atoms with E-state index in [0.717, 1.165) is 21.3 Å². The third-order valence-electron chi connectivity index (χ3n) is 5.84. The molecule has 2 aromatic carbocycles. The standard InChI is InChI=1S/C23H24N4O6S/c1-31-18-7-5-4-6-15(18)22-25-24-21(34-22)14-8-10-26(11-9-14)23(28)16-12-19(32-2)20(33-3)13-17(16)27(29)30/h4-7,12-14H,8-11H2,1-3H3. The molecule has 1 aliphatic heterocycles. The second-order valence-electron chi connectivity index (χ2n) is 7.69. The van der Waals surface area contributed by atoms with Gasteiger partial charge in [-0.15, -0.1) is 10.2 Å². The summed E-state index contributed by atoms with van der Waals surface area (Å²) in [5.74, 6) is 0.959. The Morgan fingerprint density at radius 3 is 2.32 bits per heavy atom. The van der Waals surface area contributed by atoms with Crippen LogP contribution in [0.5, 0.6) is 17.2 Å². The van der Waals surface area contributed by atoms with E-state index in [1.165, 1.54) is 37.7 Å². The predicted molar refractivity (Wildman–Crippen MR) is 126 cm³/mol. The Kier molecular flexibility index (Phi) is 6.92. The van der Waals surface area contributed by atoms with Crippen molar-refractivity contribution in [2.75, 3.05) is 34.4 Å². The first-order valence-electron chi connectivity index (χ1n) is 10.6. The predicted octanol–water partition coefficient (Wildman–Crippen LogP) is 4.16. The monoisotopic (exact) mass is 484 g/mol. The van der Waals surface area contributed by atoms with Crippen LogP contribution in [0, 0.1) is 10.1 Å². The number of benzene rings is 2. The smallest absolute Gasteiger partial charge is 0.286 e. The topological polar surface area (TPSA) is 117 Å². The molecule has 1 aliphatic rings. The van der Waals surface area contributed by atoms with Gasteiger partial charge in [0.2, 0.25) is 0 Å². The van der Waals surface area contributed by atoms with Crippen LogP contribution in [0.3, 0.4) is 0 Å². The van der Waals surface area contributed by atoms with Crippen molar-refractivity contribution in [1.82, 2.24) is 15.1 Å². The summed E-state index contributed by atoms with van der Waals surface area (Å²) in [5.41, 5.74) is 0.563. The Morgan fingerprint density at radius 1 is 1.03 bits per heavy atom. The van der Waals surface area contributed by atoms with Crippen molar-refractivity contribution in [3.63, 3.8) is 0 Å². The average Bonchev–Trinajstić information content (AvgIpc) is 3.37. The molecule has 0 saturated carbocycles. The molecule has 1 amide bonds. The van der Waals surface area contributed by atoms with Gasteiger partial charge >= 0.3 is 0 Å². The van der Waals surface area contributed by atoms with E-state index in [-0.39, 0.29) is 28.7 Å². The molecular weight excluding hydrogens is 460 g/mol. The minimum absolute atomic E-state index is 0.0181. The van der Waals surface area contributed by atoms with Gasteiger partial charge < -0.3 is 19.1 Å². The Hall–Kier alpha value is -3.73. The molecule has 0 spiro atoms. The number of hydrogen-bond acceptors (Lipinski definition) is 9. The van der Waals surface area contributed by atoms with Gasteiger partial charge in [0.1, 0.15) is 16.3 Å². The van der Waals surface area contributed by atoms with Gasteiger partial charge in [0, 0.05) is 25.1 Å². The minimum Gasteiger partial charge on any atom is -0.496 e. The van der Waals surface area contributed by atoms with Crippen LogP contribution in [-0.2, 0) is 0 Å². The van der Waals surface area contributed by atoms with Crippen LogP contribution in [0.2, 0.25) is 0 Å². The first kappa shape index (κ1) is 23.4. The molecule has 4 rings (SSSR count). The molecule has 11 heteroatoms. The molecule has 0 bridgehead atoms. The van der Waals surface area contributed by atoms with Gasteiger partial charge in [-0.2, -0.15) is 0 Å². The van der Waals surface area contributed by atoms with Crippen molar-refractivity contribution in [1.29, 1.82) is 0 Å². The number of nitro groups is 1. The highest BCUT2D eigenvalue weighted by Crippen LogP contribution is 2.38. The zero-order valence-corrected chi connectivity index (χ0v) is 19.8. The first-order chi connectivity index (χ1) is 16.5. The zero-order valence-electron chi connectivity index (χ0n) is 19.0. The van der Waals surface area contributed by atoms with Crippen LogP contribution in [0.4, 0.5) is 5.69 Å². The number of para-hydroxylation sites is 1. The van der Waals surface area contributed by atoms with Gasteiger partial charge in [-0.25, -0.2) is 0 Å². The maximum absolute atomic E-state index is 13.2. The van der Waals surface area contributed by atoms with Crippen molar-refractivity contribution in [3.05, 3.63) is 57.1 Å². The Bertz CT molecular complexity index is 1210. The molecule has 178 valence electrons. The molecule has 1 aromatic heterocycles. The van der Waals surface area contributed by atoms with Gasteiger partial charge in [-0.05, 0) is 25.0 Å². The summed E-state index contributed by atoms with van der Waals surface area (Å²) in [6, 6.07) is 10.2. The summed E-state index contributed by atoms with van der Waals surface area (Å²) in [7, 11) is 4.43. The van der Waals surface area contributed by atoms with Crippen molar-refractivity contribution in [3.8, 4) is 27.8 Å². The molecule has 1 fully saturated rings. The molecule has 0 radical (unpaired) electrons. The number of nitro benzene ring substituents is 1. The van der Waals surface area contributed by atoms with Crippen molar-refractivity contribution < 1.29 is 23.9 Å². The number of carbonyl (C=O) groups is 1. The van der Waals surface area contributed by atoms with Crippen molar-refractivity contribution >= 4 is 22.9 Å². The van der Waals surface area contributed by atoms with E-state index in [1.54, 1.807) is 12.0 Å². The quantitative estimate of drug-likeness (QED) is 0.362. The van der Waals surface area contributed by atoms with Gasteiger partial charge in [-0.3, -0.25) is 14.9 Å². The lowest BCUT2D eigenvalue weighted by Gasteiger charge is -2.31. The van der Waals surface area contributed by atoms with Gasteiger partial charge in [0.25, 0.3) is 11.6 Å². The fourth-order valence-electron chi connectivity index (χ4n) is 4.02. The molecule has 0 atom stereocenters. The Balaban J connectivity index is 1.49. The van der Waals surface area contributed by atoms with Crippen molar-refractivity contribution in [2.24, 2.45) is 0 Å². The highest BCUT2D eigenvalue weighted by atomic mass is 32.1. The molecule has 34 heavy (non-hydrogen) atoms. The number of ether oxygens (including phenoxy) is 3. The largest absolute Gasteiger partial charge is 0.496 e. The van der Waals surface area contributed by atoms with Crippen LogP contribution >= 0.6 is 11.3 Å². The van der Waals surface area contributed by atoms with E-state index >= 15 is 0 Å². The maximum atomic E-state index is 13.2. The van der Waals surface area contributed by atoms with E-state index in [1.807, 2.05) is 24.3 Å². The summed E-state index contributed by atoms with van der Waals surface area (Å²) < 4.78 is 15.8. The second kappa shape index (κ2) is 10.0. The van der Waals surface area contributed by atoms with E-state index in [9.17, 15) is 14.9 Å². The van der Waals surface area contributed by atoms with Gasteiger partial charge in [0.15, 0.2) is 16.5 Å². The number of rotatable bonds is 7. The van der Waals surface area contributed by atoms with Crippen LogP contribution in [0.15, 0.2) is 36.4 Å². The number of piperidine rings is 1. The van der Waals surface area contributed by atoms with E-state index in [4.69, 9.17) is 14.2 Å². The van der Waals surface area contributed by atoms with E-state index in [2.05, 4.69) is 10.2 Å². The number of hydrogen-bond donors (Lipinski definition) is 0.